The van der Waals surface area contributed by atoms with Crippen LogP contribution in [0.4, 0.5) is 0 Å². The molecule has 1 rings (SSSR count). The predicted molar refractivity (Wildman–Crippen MR) is 71.9 cm³/mol. The molecule has 0 fully saturated rings. The lowest BCUT2D eigenvalue weighted by Gasteiger charge is -2.23. The Hall–Kier alpha value is -0.540. The fraction of sp³-hybridized carbons (Fsp3) is 0.538. The Morgan fingerprint density at radius 1 is 1.38 bits per heavy atom. The zero-order chi connectivity index (χ0) is 12.1. The second kappa shape index (κ2) is 6.26. The quantitative estimate of drug-likeness (QED) is 0.898. The van der Waals surface area contributed by atoms with Crippen molar-refractivity contribution in [1.82, 2.24) is 0 Å². The monoisotopic (exact) mass is 285 g/mol. The summed E-state index contributed by atoms with van der Waals surface area (Å²) in [6, 6.07) is 6.15. The lowest BCUT2D eigenvalue weighted by Crippen LogP contribution is -2.13. The van der Waals surface area contributed by atoms with Crippen molar-refractivity contribution >= 4 is 15.9 Å². The second-order valence-corrected chi connectivity index (χ2v) is 5.23. The zero-order valence-electron chi connectivity index (χ0n) is 10.2. The van der Waals surface area contributed by atoms with Crippen LogP contribution in [0.1, 0.15) is 31.7 Å². The smallest absolute Gasteiger partial charge is 0.122 e. The van der Waals surface area contributed by atoms with Crippen LogP contribution in [0.2, 0.25) is 0 Å². The number of rotatable bonds is 5. The molecule has 16 heavy (non-hydrogen) atoms. The molecule has 0 heterocycles. The number of hydrogen-bond acceptors (Lipinski definition) is 2. The van der Waals surface area contributed by atoms with Crippen molar-refractivity contribution in [2.45, 2.75) is 26.2 Å². The summed E-state index contributed by atoms with van der Waals surface area (Å²) in [7, 11) is 1.71. The van der Waals surface area contributed by atoms with Crippen LogP contribution >= 0.6 is 15.9 Å². The van der Waals surface area contributed by atoms with E-state index >= 15 is 0 Å². The van der Waals surface area contributed by atoms with Gasteiger partial charge in [0.15, 0.2) is 0 Å². The highest BCUT2D eigenvalue weighted by atomic mass is 79.9. The normalized spacial score (nSPS) is 12.9. The molecule has 3 heteroatoms. The van der Waals surface area contributed by atoms with Gasteiger partial charge in [0.05, 0.1) is 7.11 Å². The van der Waals surface area contributed by atoms with Crippen molar-refractivity contribution in [3.8, 4) is 5.75 Å². The summed E-state index contributed by atoms with van der Waals surface area (Å²) in [5.41, 5.74) is 6.93. The van der Waals surface area contributed by atoms with Crippen molar-refractivity contribution in [3.05, 3.63) is 28.2 Å². The van der Waals surface area contributed by atoms with Gasteiger partial charge in [-0.3, -0.25) is 0 Å². The fourth-order valence-corrected chi connectivity index (χ4v) is 2.40. The zero-order valence-corrected chi connectivity index (χ0v) is 11.8. The molecule has 0 bridgehead atoms. The average molecular weight is 286 g/mol. The molecule has 1 unspecified atom stereocenters. The molecule has 0 aliphatic carbocycles. The minimum atomic E-state index is 0.456. The maximum absolute atomic E-state index is 5.68. The van der Waals surface area contributed by atoms with Crippen molar-refractivity contribution in [3.63, 3.8) is 0 Å². The molecule has 2 N–H and O–H groups in total. The number of ether oxygens (including phenoxy) is 1. The van der Waals surface area contributed by atoms with Crippen molar-refractivity contribution < 1.29 is 4.74 Å². The van der Waals surface area contributed by atoms with Gasteiger partial charge in [-0.2, -0.15) is 0 Å². The summed E-state index contributed by atoms with van der Waals surface area (Å²) in [4.78, 5) is 0. The van der Waals surface area contributed by atoms with Crippen molar-refractivity contribution in [2.75, 3.05) is 13.7 Å². The van der Waals surface area contributed by atoms with E-state index in [0.717, 1.165) is 16.6 Å². The van der Waals surface area contributed by atoms with Gasteiger partial charge < -0.3 is 10.5 Å². The molecular formula is C13H20BrNO. The van der Waals surface area contributed by atoms with Gasteiger partial charge in [0.25, 0.3) is 0 Å². The summed E-state index contributed by atoms with van der Waals surface area (Å²) < 4.78 is 6.51. The molecule has 90 valence electrons. The molecule has 1 aromatic rings. The minimum absolute atomic E-state index is 0.456. The molecular weight excluding hydrogens is 266 g/mol. The van der Waals surface area contributed by atoms with Gasteiger partial charge in [0.1, 0.15) is 5.75 Å². The van der Waals surface area contributed by atoms with Gasteiger partial charge in [0.2, 0.25) is 0 Å². The third kappa shape index (κ3) is 3.22. The largest absolute Gasteiger partial charge is 0.496 e. The number of nitrogens with two attached hydrogens (primary N) is 1. The molecule has 2 nitrogen and oxygen atoms in total. The Bertz CT molecular complexity index is 339. The SMILES string of the molecule is COc1ccc(Br)cc1C(CCN)C(C)C. The highest BCUT2D eigenvalue weighted by Gasteiger charge is 2.19. The van der Waals surface area contributed by atoms with Gasteiger partial charge in [-0.1, -0.05) is 29.8 Å². The average Bonchev–Trinajstić information content (AvgIpc) is 2.25. The number of hydrogen-bond donors (Lipinski definition) is 1. The summed E-state index contributed by atoms with van der Waals surface area (Å²) in [5, 5.41) is 0. The number of methoxy groups -OCH3 is 1. The van der Waals surface area contributed by atoms with Crippen LogP contribution in [0, 0.1) is 5.92 Å². The van der Waals surface area contributed by atoms with Crippen LogP contribution in [-0.4, -0.2) is 13.7 Å². The maximum Gasteiger partial charge on any atom is 0.122 e. The Morgan fingerprint density at radius 3 is 2.56 bits per heavy atom. The highest BCUT2D eigenvalue weighted by Crippen LogP contribution is 2.35. The third-order valence-electron chi connectivity index (χ3n) is 2.87. The second-order valence-electron chi connectivity index (χ2n) is 4.31. The standard InChI is InChI=1S/C13H20BrNO/c1-9(2)11(6-7-15)12-8-10(14)4-5-13(12)16-3/h4-5,8-9,11H,6-7,15H2,1-3H3. The fourth-order valence-electron chi connectivity index (χ4n) is 2.02. The van der Waals surface area contributed by atoms with Crippen LogP contribution < -0.4 is 10.5 Å². The lowest BCUT2D eigenvalue weighted by molar-refractivity contribution is 0.390. The summed E-state index contributed by atoms with van der Waals surface area (Å²) in [6.07, 6.45) is 0.991. The van der Waals surface area contributed by atoms with Crippen LogP contribution in [0.25, 0.3) is 0 Å². The Balaban J connectivity index is 3.10. The van der Waals surface area contributed by atoms with E-state index in [-0.39, 0.29) is 0 Å². The molecule has 0 aliphatic rings. The Labute approximate surface area is 106 Å². The first-order valence-corrected chi connectivity index (χ1v) is 6.43. The van der Waals surface area contributed by atoms with E-state index in [9.17, 15) is 0 Å². The molecule has 0 saturated heterocycles. The predicted octanol–water partition coefficient (Wildman–Crippen LogP) is 3.55. The molecule has 0 saturated carbocycles. The van der Waals surface area contributed by atoms with Gasteiger partial charge in [-0.25, -0.2) is 0 Å². The van der Waals surface area contributed by atoms with Crippen LogP contribution in [0.15, 0.2) is 22.7 Å². The first kappa shape index (κ1) is 13.5. The first-order valence-electron chi connectivity index (χ1n) is 5.63. The minimum Gasteiger partial charge on any atom is -0.496 e. The highest BCUT2D eigenvalue weighted by molar-refractivity contribution is 9.10. The van der Waals surface area contributed by atoms with E-state index in [1.807, 2.05) is 12.1 Å². The molecule has 1 aromatic carbocycles. The van der Waals surface area contributed by atoms with Crippen molar-refractivity contribution in [1.29, 1.82) is 0 Å². The molecule has 0 aromatic heterocycles. The Morgan fingerprint density at radius 2 is 2.06 bits per heavy atom. The molecule has 0 radical (unpaired) electrons. The topological polar surface area (TPSA) is 35.2 Å². The molecule has 0 aliphatic heterocycles. The summed E-state index contributed by atoms with van der Waals surface area (Å²) in [5.74, 6) is 1.97. The van der Waals surface area contributed by atoms with Gasteiger partial charge in [0, 0.05) is 4.47 Å². The number of halogens is 1. The maximum atomic E-state index is 5.68. The van der Waals surface area contributed by atoms with E-state index < -0.39 is 0 Å². The van der Waals surface area contributed by atoms with Gasteiger partial charge in [-0.05, 0) is 48.6 Å². The van der Waals surface area contributed by atoms with E-state index in [1.54, 1.807) is 7.11 Å². The number of benzene rings is 1. The summed E-state index contributed by atoms with van der Waals surface area (Å²) >= 11 is 3.51. The third-order valence-corrected chi connectivity index (χ3v) is 3.37. The summed E-state index contributed by atoms with van der Waals surface area (Å²) in [6.45, 7) is 5.15. The van der Waals surface area contributed by atoms with Crippen LogP contribution in [-0.2, 0) is 0 Å². The lowest BCUT2D eigenvalue weighted by atomic mass is 9.85. The van der Waals surface area contributed by atoms with Crippen molar-refractivity contribution in [2.24, 2.45) is 11.7 Å². The molecule has 0 spiro atoms. The Kier molecular flexibility index (Phi) is 5.29. The molecule has 0 amide bonds. The van der Waals surface area contributed by atoms with Crippen LogP contribution in [0.3, 0.4) is 0 Å². The van der Waals surface area contributed by atoms with E-state index in [1.165, 1.54) is 5.56 Å². The van der Waals surface area contributed by atoms with Gasteiger partial charge in [-0.15, -0.1) is 0 Å². The van der Waals surface area contributed by atoms with Gasteiger partial charge >= 0.3 is 0 Å². The van der Waals surface area contributed by atoms with E-state index in [0.29, 0.717) is 18.4 Å². The van der Waals surface area contributed by atoms with Crippen LogP contribution in [0.5, 0.6) is 5.75 Å². The first-order chi connectivity index (χ1) is 7.60. The molecule has 1 atom stereocenters. The van der Waals surface area contributed by atoms with E-state index in [4.69, 9.17) is 10.5 Å². The van der Waals surface area contributed by atoms with E-state index in [2.05, 4.69) is 35.8 Å².